The summed E-state index contributed by atoms with van der Waals surface area (Å²) in [5, 5.41) is 18.8. The molecule has 0 saturated carbocycles. The molecule has 0 atom stereocenters. The minimum atomic E-state index is 0. The summed E-state index contributed by atoms with van der Waals surface area (Å²) in [5.74, 6) is 0. The van der Waals surface area contributed by atoms with Gasteiger partial charge in [-0.05, 0) is 0 Å². The van der Waals surface area contributed by atoms with Crippen molar-refractivity contribution in [1.82, 2.24) is 0 Å². The number of nitrogens with zero attached hydrogens (tertiary/aromatic N) is 3. The number of rotatable bonds is 0. The first kappa shape index (κ1) is 44.8. The van der Waals surface area contributed by atoms with Crippen LogP contribution < -0.4 is 0 Å². The normalized spacial score (nSPS) is 0.667. The van der Waals surface area contributed by atoms with Gasteiger partial charge in [-0.25, -0.2) is 0 Å². The molecular formula is C3AuKN3Na. The summed E-state index contributed by atoms with van der Waals surface area (Å²) < 4.78 is 0. The Morgan fingerprint density at radius 1 is 0.667 bits per heavy atom. The molecule has 0 aromatic carbocycles. The second kappa shape index (κ2) is 226. The summed E-state index contributed by atoms with van der Waals surface area (Å²) in [7, 11) is 0. The van der Waals surface area contributed by atoms with Gasteiger partial charge in [-0.15, -0.1) is 0 Å². The molecule has 0 amide bonds. The Balaban J connectivity index is -0.00000000321. The second-order valence-corrected chi connectivity index (χ2v) is 0. The molecule has 0 aromatic heterocycles. The molecule has 0 aliphatic heterocycles. The quantitative estimate of drug-likeness (QED) is 0.443. The molecule has 40 valence electrons. The van der Waals surface area contributed by atoms with Crippen LogP contribution in [0.1, 0.15) is 0 Å². The first-order chi connectivity index (χ1) is 3.00. The van der Waals surface area contributed by atoms with Gasteiger partial charge in [0.2, 0.25) is 0 Å². The fraction of sp³-hybridized carbons (Fsp3) is 0. The van der Waals surface area contributed by atoms with Crippen LogP contribution >= 0.6 is 0 Å². The summed E-state index contributed by atoms with van der Waals surface area (Å²) in [4.78, 5) is 0. The third-order valence-electron chi connectivity index (χ3n) is 0. The van der Waals surface area contributed by atoms with E-state index in [1.54, 1.807) is 0 Å². The van der Waals surface area contributed by atoms with Crippen molar-refractivity contribution in [3.8, 4) is 0 Å². The maximum Gasteiger partial charge on any atom is 3.00 e. The zero-order valence-electron chi connectivity index (χ0n) is 5.14. The van der Waals surface area contributed by atoms with Crippen LogP contribution in [0.25, 0.3) is 0 Å². The predicted octanol–water partition coefficient (Wildman–Crippen LogP) is -0.475. The Labute approximate surface area is 136 Å². The van der Waals surface area contributed by atoms with Gasteiger partial charge in [0.25, 0.3) is 0 Å². The summed E-state index contributed by atoms with van der Waals surface area (Å²) in [6.07, 6.45) is 0. The van der Waals surface area contributed by atoms with Crippen molar-refractivity contribution >= 4 is 80.9 Å². The molecule has 0 aliphatic carbocycles. The molecule has 0 fully saturated rings. The van der Waals surface area contributed by atoms with Crippen molar-refractivity contribution in [3.05, 3.63) is 19.7 Å². The first-order valence-corrected chi connectivity index (χ1v) is 0.671. The molecule has 0 heterocycles. The molecule has 0 bridgehead atoms. The van der Waals surface area contributed by atoms with E-state index < -0.39 is 0 Å². The van der Waals surface area contributed by atoms with Crippen LogP contribution in [0.3, 0.4) is 0 Å². The molecule has 3 nitrogen and oxygen atoms in total. The van der Waals surface area contributed by atoms with Gasteiger partial charge < -0.3 is 35.5 Å². The molecule has 0 aromatic rings. The third kappa shape index (κ3) is 178. The van der Waals surface area contributed by atoms with E-state index in [2.05, 4.69) is 0 Å². The zero-order chi connectivity index (χ0) is 6.00. The molecule has 0 spiro atoms. The van der Waals surface area contributed by atoms with Gasteiger partial charge in [0.15, 0.2) is 0 Å². The smallest absolute Gasteiger partial charge is 0.512 e. The Morgan fingerprint density at radius 3 is 0.667 bits per heavy atom. The van der Waals surface area contributed by atoms with Gasteiger partial charge in [-0.2, -0.15) is 0 Å². The van der Waals surface area contributed by atoms with Crippen LogP contribution in [0.4, 0.5) is 0 Å². The van der Waals surface area contributed by atoms with Crippen LogP contribution in [-0.2, 0) is 22.4 Å². The van der Waals surface area contributed by atoms with Crippen molar-refractivity contribution in [2.45, 2.75) is 0 Å². The average Bonchev–Trinajstić information content (AvgIpc) is 1.81. The predicted molar refractivity (Wildman–Crippen MR) is 26.4 cm³/mol. The maximum atomic E-state index is 6.25. The summed E-state index contributed by atoms with van der Waals surface area (Å²) >= 11 is 0. The van der Waals surface area contributed by atoms with Gasteiger partial charge in [0, 0.05) is 80.9 Å². The van der Waals surface area contributed by atoms with E-state index in [-0.39, 0.29) is 103 Å². The Kier molecular flexibility index (Phi) is 1120. The van der Waals surface area contributed by atoms with E-state index in [4.69, 9.17) is 35.5 Å². The monoisotopic (exact) mass is 337 g/mol. The van der Waals surface area contributed by atoms with Gasteiger partial charge in [-0.1, -0.05) is 0 Å². The van der Waals surface area contributed by atoms with E-state index in [1.165, 1.54) is 0 Å². The number of hydrogen-bond acceptors (Lipinski definition) is 3. The van der Waals surface area contributed by atoms with Gasteiger partial charge in [0.05, 0.1) is 0 Å². The van der Waals surface area contributed by atoms with Crippen LogP contribution in [0, 0.1) is 35.5 Å². The van der Waals surface area contributed by atoms with E-state index in [9.17, 15) is 0 Å². The molecule has 0 N–H and O–H groups in total. The SMILES string of the molecule is [Au+3].[C-]#N.[C-]#N.[C-]#N.[K].[Na]. The summed E-state index contributed by atoms with van der Waals surface area (Å²) in [6, 6.07) is 0. The molecule has 9 heavy (non-hydrogen) atoms. The Morgan fingerprint density at radius 2 is 0.667 bits per heavy atom. The zero-order valence-corrected chi connectivity index (χ0v) is 12.4. The van der Waals surface area contributed by atoms with Crippen molar-refractivity contribution < 1.29 is 22.4 Å². The first-order valence-electron chi connectivity index (χ1n) is 0.671. The Bertz CT molecular complexity index is 47.5. The van der Waals surface area contributed by atoms with Gasteiger partial charge in [0.1, 0.15) is 0 Å². The summed E-state index contributed by atoms with van der Waals surface area (Å²) in [6.45, 7) is 14.2. The van der Waals surface area contributed by atoms with Crippen LogP contribution in [-0.4, -0.2) is 80.9 Å². The van der Waals surface area contributed by atoms with E-state index in [0.717, 1.165) is 0 Å². The fourth-order valence-electron chi connectivity index (χ4n) is 0. The molecule has 0 saturated heterocycles. The fourth-order valence-corrected chi connectivity index (χ4v) is 0. The van der Waals surface area contributed by atoms with Crippen molar-refractivity contribution in [2.75, 3.05) is 0 Å². The molecule has 2 radical (unpaired) electrons. The van der Waals surface area contributed by atoms with Gasteiger partial charge >= 0.3 is 22.4 Å². The molecule has 6 heteroatoms. The molecule has 0 aliphatic rings. The second-order valence-electron chi connectivity index (χ2n) is 0. The van der Waals surface area contributed by atoms with E-state index >= 15 is 0 Å². The minimum absolute atomic E-state index is 0. The molecular weight excluding hydrogens is 337 g/mol. The van der Waals surface area contributed by atoms with Crippen molar-refractivity contribution in [3.63, 3.8) is 0 Å². The van der Waals surface area contributed by atoms with E-state index in [0.29, 0.717) is 0 Å². The van der Waals surface area contributed by atoms with Crippen LogP contribution in [0.15, 0.2) is 0 Å². The van der Waals surface area contributed by atoms with Crippen LogP contribution in [0.2, 0.25) is 0 Å². The largest absolute Gasteiger partial charge is 3.00 e. The topological polar surface area (TPSA) is 71.4 Å². The Hall–Kier alpha value is 1.85. The molecule has 0 unspecified atom stereocenters. The summed E-state index contributed by atoms with van der Waals surface area (Å²) in [5.41, 5.74) is 0. The van der Waals surface area contributed by atoms with Crippen LogP contribution in [0.5, 0.6) is 0 Å². The van der Waals surface area contributed by atoms with Crippen molar-refractivity contribution in [1.29, 1.82) is 15.8 Å². The molecule has 0 rings (SSSR count). The van der Waals surface area contributed by atoms with Gasteiger partial charge in [-0.3, -0.25) is 0 Å². The average molecular weight is 337 g/mol. The maximum absolute atomic E-state index is 6.25. The van der Waals surface area contributed by atoms with E-state index in [1.807, 2.05) is 0 Å². The standard InChI is InChI=1S/3CN.Au.K.Na/c3*1-2;;;/q3*-1;+3;;. The minimum Gasteiger partial charge on any atom is -0.512 e. The third-order valence-corrected chi connectivity index (χ3v) is 0. The van der Waals surface area contributed by atoms with Crippen molar-refractivity contribution in [2.24, 2.45) is 0 Å². The number of hydrogen-bond donors (Lipinski definition) is 0.